The van der Waals surface area contributed by atoms with Crippen molar-refractivity contribution in [1.82, 2.24) is 9.78 Å². The molecular formula is C13H25N3O2. The van der Waals surface area contributed by atoms with Crippen LogP contribution in [0.4, 0.5) is 5.69 Å². The van der Waals surface area contributed by atoms with Gasteiger partial charge in [0.2, 0.25) is 5.88 Å². The minimum Gasteiger partial charge on any atom is -0.476 e. The summed E-state index contributed by atoms with van der Waals surface area (Å²) in [7, 11) is 3.55. The molecule has 0 saturated carbocycles. The number of rotatable bonds is 6. The normalized spacial score (nSPS) is 12.2. The van der Waals surface area contributed by atoms with Crippen LogP contribution >= 0.6 is 0 Å². The summed E-state index contributed by atoms with van der Waals surface area (Å²) in [5.74, 6) is 0.939. The number of aromatic nitrogens is 2. The van der Waals surface area contributed by atoms with Crippen LogP contribution in [0.2, 0.25) is 0 Å². The fraction of sp³-hybridized carbons (Fsp3) is 0.769. The van der Waals surface area contributed by atoms with E-state index in [1.807, 2.05) is 20.9 Å². The van der Waals surface area contributed by atoms with E-state index in [2.05, 4.69) is 18.9 Å². The first kappa shape index (κ1) is 14.8. The number of nitrogen functional groups attached to an aromatic ring is 1. The maximum Gasteiger partial charge on any atom is 0.235 e. The molecule has 0 aliphatic rings. The fourth-order valence-corrected chi connectivity index (χ4v) is 1.64. The average molecular weight is 255 g/mol. The molecule has 0 atom stereocenters. The molecular weight excluding hydrogens is 230 g/mol. The lowest BCUT2D eigenvalue weighted by atomic mass is 10.1. The van der Waals surface area contributed by atoms with E-state index < -0.39 is 0 Å². The second kappa shape index (κ2) is 5.61. The molecule has 0 unspecified atom stereocenters. The Bertz CT molecular complexity index is 397. The number of hydrogen-bond acceptors (Lipinski definition) is 4. The molecule has 0 aliphatic heterocycles. The topological polar surface area (TPSA) is 62.3 Å². The van der Waals surface area contributed by atoms with Crippen LogP contribution < -0.4 is 10.5 Å². The monoisotopic (exact) mass is 255 g/mol. The highest BCUT2D eigenvalue weighted by Crippen LogP contribution is 2.29. The van der Waals surface area contributed by atoms with Gasteiger partial charge in [0.15, 0.2) is 0 Å². The van der Waals surface area contributed by atoms with Gasteiger partial charge in [-0.3, -0.25) is 0 Å². The van der Waals surface area contributed by atoms with Gasteiger partial charge in [0.1, 0.15) is 5.69 Å². The summed E-state index contributed by atoms with van der Waals surface area (Å²) in [5.41, 5.74) is 7.39. The van der Waals surface area contributed by atoms with Crippen LogP contribution in [0.5, 0.6) is 5.88 Å². The predicted octanol–water partition coefficient (Wildman–Crippen LogP) is 2.32. The SMILES string of the molecule is COC(C)(C)CCOc1c(N)c(C(C)C)nn1C. The van der Waals surface area contributed by atoms with Crippen molar-refractivity contribution >= 4 is 5.69 Å². The first-order valence-corrected chi connectivity index (χ1v) is 6.29. The van der Waals surface area contributed by atoms with Crippen molar-refractivity contribution in [3.8, 4) is 5.88 Å². The van der Waals surface area contributed by atoms with E-state index in [0.29, 0.717) is 24.1 Å². The van der Waals surface area contributed by atoms with Gasteiger partial charge < -0.3 is 15.2 Å². The second-order valence-corrected chi connectivity index (χ2v) is 5.44. The van der Waals surface area contributed by atoms with Crippen molar-refractivity contribution in [2.24, 2.45) is 7.05 Å². The van der Waals surface area contributed by atoms with Crippen molar-refractivity contribution in [3.05, 3.63) is 5.69 Å². The highest BCUT2D eigenvalue weighted by molar-refractivity contribution is 5.54. The maximum atomic E-state index is 6.05. The third-order valence-electron chi connectivity index (χ3n) is 3.10. The zero-order chi connectivity index (χ0) is 13.9. The fourth-order valence-electron chi connectivity index (χ4n) is 1.64. The number of hydrogen-bond donors (Lipinski definition) is 1. The zero-order valence-corrected chi connectivity index (χ0v) is 12.3. The van der Waals surface area contributed by atoms with Gasteiger partial charge >= 0.3 is 0 Å². The Balaban J connectivity index is 2.68. The Morgan fingerprint density at radius 2 is 2.00 bits per heavy atom. The van der Waals surface area contributed by atoms with E-state index in [1.54, 1.807) is 11.8 Å². The van der Waals surface area contributed by atoms with Crippen molar-refractivity contribution in [3.63, 3.8) is 0 Å². The van der Waals surface area contributed by atoms with E-state index in [9.17, 15) is 0 Å². The van der Waals surface area contributed by atoms with E-state index in [4.69, 9.17) is 15.2 Å². The predicted molar refractivity (Wildman–Crippen MR) is 72.9 cm³/mol. The number of aryl methyl sites for hydroxylation is 1. The molecule has 5 heteroatoms. The van der Waals surface area contributed by atoms with Crippen LogP contribution in [0.1, 0.15) is 45.7 Å². The van der Waals surface area contributed by atoms with Crippen LogP contribution in [0.15, 0.2) is 0 Å². The van der Waals surface area contributed by atoms with E-state index in [0.717, 1.165) is 12.1 Å². The Morgan fingerprint density at radius 3 is 2.44 bits per heavy atom. The number of nitrogens with two attached hydrogens (primary N) is 1. The quantitative estimate of drug-likeness (QED) is 0.847. The van der Waals surface area contributed by atoms with Gasteiger partial charge in [-0.15, -0.1) is 0 Å². The molecule has 0 aromatic carbocycles. The van der Waals surface area contributed by atoms with Gasteiger partial charge in [-0.05, 0) is 19.8 Å². The number of ether oxygens (including phenoxy) is 2. The molecule has 0 fully saturated rings. The lowest BCUT2D eigenvalue weighted by Crippen LogP contribution is -2.25. The highest BCUT2D eigenvalue weighted by atomic mass is 16.5. The molecule has 0 bridgehead atoms. The number of methoxy groups -OCH3 is 1. The summed E-state index contributed by atoms with van der Waals surface area (Å²) in [6.07, 6.45) is 0.797. The number of anilines is 1. The lowest BCUT2D eigenvalue weighted by molar-refractivity contribution is 0.00480. The largest absolute Gasteiger partial charge is 0.476 e. The first-order chi connectivity index (χ1) is 8.28. The molecule has 104 valence electrons. The molecule has 0 aliphatic carbocycles. The van der Waals surface area contributed by atoms with Crippen LogP contribution in [-0.4, -0.2) is 29.1 Å². The molecule has 5 nitrogen and oxygen atoms in total. The Kier molecular flexibility index (Phi) is 4.62. The maximum absolute atomic E-state index is 6.05. The van der Waals surface area contributed by atoms with Crippen LogP contribution in [0.3, 0.4) is 0 Å². The van der Waals surface area contributed by atoms with Gasteiger partial charge in [0, 0.05) is 20.6 Å². The van der Waals surface area contributed by atoms with E-state index in [-0.39, 0.29) is 5.60 Å². The number of nitrogens with zero attached hydrogens (tertiary/aromatic N) is 2. The summed E-state index contributed by atoms with van der Waals surface area (Å²) < 4.78 is 12.8. The molecule has 0 amide bonds. The summed E-state index contributed by atoms with van der Waals surface area (Å²) in [5, 5.41) is 4.38. The molecule has 1 rings (SSSR count). The minimum atomic E-state index is -0.186. The van der Waals surface area contributed by atoms with Crippen molar-refractivity contribution < 1.29 is 9.47 Å². The first-order valence-electron chi connectivity index (χ1n) is 6.29. The van der Waals surface area contributed by atoms with Crippen molar-refractivity contribution in [1.29, 1.82) is 0 Å². The van der Waals surface area contributed by atoms with Crippen LogP contribution in [0.25, 0.3) is 0 Å². The zero-order valence-electron chi connectivity index (χ0n) is 12.3. The van der Waals surface area contributed by atoms with Gasteiger partial charge in [-0.25, -0.2) is 4.68 Å². The van der Waals surface area contributed by atoms with E-state index in [1.165, 1.54) is 0 Å². The van der Waals surface area contributed by atoms with Gasteiger partial charge in [-0.2, -0.15) is 5.10 Å². The van der Waals surface area contributed by atoms with Crippen molar-refractivity contribution in [2.75, 3.05) is 19.5 Å². The lowest BCUT2D eigenvalue weighted by Gasteiger charge is -2.22. The molecule has 2 N–H and O–H groups in total. The van der Waals surface area contributed by atoms with Crippen LogP contribution in [-0.2, 0) is 11.8 Å². The molecule has 1 aromatic rings. The third-order valence-corrected chi connectivity index (χ3v) is 3.10. The molecule has 0 saturated heterocycles. The van der Waals surface area contributed by atoms with Crippen LogP contribution in [0, 0.1) is 0 Å². The highest BCUT2D eigenvalue weighted by Gasteiger charge is 2.20. The third kappa shape index (κ3) is 3.38. The summed E-state index contributed by atoms with van der Waals surface area (Å²) >= 11 is 0. The molecule has 0 spiro atoms. The van der Waals surface area contributed by atoms with E-state index >= 15 is 0 Å². The minimum absolute atomic E-state index is 0.186. The summed E-state index contributed by atoms with van der Waals surface area (Å²) in [6, 6.07) is 0. The second-order valence-electron chi connectivity index (χ2n) is 5.44. The molecule has 1 heterocycles. The Labute approximate surface area is 109 Å². The molecule has 18 heavy (non-hydrogen) atoms. The summed E-state index contributed by atoms with van der Waals surface area (Å²) in [4.78, 5) is 0. The average Bonchev–Trinajstić information content (AvgIpc) is 2.56. The molecule has 1 aromatic heterocycles. The Morgan fingerprint density at radius 1 is 1.39 bits per heavy atom. The van der Waals surface area contributed by atoms with Gasteiger partial charge in [0.25, 0.3) is 0 Å². The standard InChI is InChI=1S/C13H25N3O2/c1-9(2)11-10(14)12(16(5)15-11)18-8-7-13(3,4)17-6/h9H,7-8,14H2,1-6H3. The summed E-state index contributed by atoms with van der Waals surface area (Å²) in [6.45, 7) is 8.75. The molecule has 0 radical (unpaired) electrons. The van der Waals surface area contributed by atoms with Crippen molar-refractivity contribution in [2.45, 2.75) is 45.6 Å². The van der Waals surface area contributed by atoms with Gasteiger partial charge in [0.05, 0.1) is 17.9 Å². The Hall–Kier alpha value is -1.23. The smallest absolute Gasteiger partial charge is 0.235 e. The van der Waals surface area contributed by atoms with Gasteiger partial charge in [-0.1, -0.05) is 13.8 Å².